The molecule has 2 saturated heterocycles. The van der Waals surface area contributed by atoms with Crippen molar-refractivity contribution < 1.29 is 13.2 Å². The van der Waals surface area contributed by atoms with Gasteiger partial charge in [-0.25, -0.2) is 4.98 Å². The zero-order chi connectivity index (χ0) is 13.0. The second-order valence-corrected chi connectivity index (χ2v) is 6.55. The molecule has 1 aromatic heterocycles. The van der Waals surface area contributed by atoms with Crippen LogP contribution in [0.15, 0.2) is 0 Å². The first kappa shape index (κ1) is 12.4. The molecule has 18 heavy (non-hydrogen) atoms. The summed E-state index contributed by atoms with van der Waals surface area (Å²) in [5, 5.41) is 3.80. The minimum absolute atomic E-state index is 0.262. The van der Waals surface area contributed by atoms with E-state index >= 15 is 0 Å². The molecular weight excluding hydrogens is 263 g/mol. The summed E-state index contributed by atoms with van der Waals surface area (Å²) in [5.41, 5.74) is -0.317. The van der Waals surface area contributed by atoms with Gasteiger partial charge in [-0.1, -0.05) is 0 Å². The van der Waals surface area contributed by atoms with E-state index in [1.165, 1.54) is 6.92 Å². The van der Waals surface area contributed by atoms with Crippen LogP contribution in [0.3, 0.4) is 0 Å². The van der Waals surface area contributed by atoms with Crippen LogP contribution in [-0.2, 0) is 12.7 Å². The molecule has 2 aliphatic rings. The first-order valence-corrected chi connectivity index (χ1v) is 6.66. The number of hydrogen-bond donors (Lipinski definition) is 1. The topological polar surface area (TPSA) is 28.2 Å². The Morgan fingerprint density at radius 1 is 1.39 bits per heavy atom. The van der Waals surface area contributed by atoms with Gasteiger partial charge in [-0.05, 0) is 6.92 Å². The molecule has 1 spiro atoms. The van der Waals surface area contributed by atoms with Gasteiger partial charge in [-0.3, -0.25) is 4.90 Å². The molecule has 2 aliphatic heterocycles. The summed E-state index contributed by atoms with van der Waals surface area (Å²) in [4.78, 5) is 6.16. The summed E-state index contributed by atoms with van der Waals surface area (Å²) in [7, 11) is 0. The Hall–Kier alpha value is -0.660. The third-order valence-electron chi connectivity index (χ3n) is 3.59. The number of nitrogens with zero attached hydrogens (tertiary/aromatic N) is 2. The van der Waals surface area contributed by atoms with Gasteiger partial charge in [0.05, 0.1) is 6.54 Å². The molecule has 0 radical (unpaired) electrons. The van der Waals surface area contributed by atoms with Crippen molar-refractivity contribution in [1.82, 2.24) is 15.2 Å². The third-order valence-corrected chi connectivity index (χ3v) is 4.54. The first-order valence-electron chi connectivity index (χ1n) is 5.85. The normalized spacial score (nSPS) is 22.9. The molecule has 0 aliphatic carbocycles. The Morgan fingerprint density at radius 2 is 2.06 bits per heavy atom. The Labute approximate surface area is 107 Å². The summed E-state index contributed by atoms with van der Waals surface area (Å²) in [6.45, 7) is 6.04. The van der Waals surface area contributed by atoms with Crippen molar-refractivity contribution >= 4 is 11.3 Å². The highest BCUT2D eigenvalue weighted by Crippen LogP contribution is 2.37. The van der Waals surface area contributed by atoms with E-state index in [-0.39, 0.29) is 4.88 Å². The van der Waals surface area contributed by atoms with E-state index in [0.29, 0.717) is 17.0 Å². The van der Waals surface area contributed by atoms with Gasteiger partial charge >= 0.3 is 6.18 Å². The summed E-state index contributed by atoms with van der Waals surface area (Å²) in [5.74, 6) is 0. The number of aromatic nitrogens is 1. The van der Waals surface area contributed by atoms with E-state index in [2.05, 4.69) is 15.2 Å². The fraction of sp³-hybridized carbons (Fsp3) is 0.727. The van der Waals surface area contributed by atoms with E-state index in [4.69, 9.17) is 0 Å². The van der Waals surface area contributed by atoms with Crippen molar-refractivity contribution in [3.8, 4) is 0 Å². The van der Waals surface area contributed by atoms with Crippen molar-refractivity contribution in [1.29, 1.82) is 0 Å². The quantitative estimate of drug-likeness (QED) is 0.894. The lowest BCUT2D eigenvalue weighted by Crippen LogP contribution is -2.70. The molecule has 1 aromatic rings. The lowest BCUT2D eigenvalue weighted by atomic mass is 9.74. The van der Waals surface area contributed by atoms with Crippen molar-refractivity contribution in [2.75, 3.05) is 26.2 Å². The van der Waals surface area contributed by atoms with E-state index in [1.807, 2.05) is 0 Å². The summed E-state index contributed by atoms with van der Waals surface area (Å²) >= 11 is 1.16. The monoisotopic (exact) mass is 277 g/mol. The van der Waals surface area contributed by atoms with Crippen LogP contribution in [0.5, 0.6) is 0 Å². The second-order valence-electron chi connectivity index (χ2n) is 5.26. The van der Waals surface area contributed by atoms with Crippen LogP contribution < -0.4 is 5.32 Å². The average Bonchev–Trinajstić information content (AvgIpc) is 2.48. The maximum Gasteiger partial charge on any atom is 0.434 e. The highest BCUT2D eigenvalue weighted by molar-refractivity contribution is 7.11. The molecule has 0 atom stereocenters. The minimum Gasteiger partial charge on any atom is -0.315 e. The number of rotatable bonds is 2. The number of halogens is 3. The molecule has 0 amide bonds. The van der Waals surface area contributed by atoms with Crippen LogP contribution >= 0.6 is 11.3 Å². The molecule has 0 bridgehead atoms. The molecule has 100 valence electrons. The Balaban J connectivity index is 1.64. The van der Waals surface area contributed by atoms with E-state index in [0.717, 1.165) is 37.5 Å². The standard InChI is InChI=1S/C11H14F3N3S/c1-7-9(11(12,13)14)16-8(18-7)2-17-5-10(6-17)3-15-4-10/h15H,2-6H2,1H3. The van der Waals surface area contributed by atoms with Gasteiger partial charge in [-0.15, -0.1) is 11.3 Å². The van der Waals surface area contributed by atoms with Gasteiger partial charge in [0.15, 0.2) is 5.69 Å². The highest BCUT2D eigenvalue weighted by Gasteiger charge is 2.47. The van der Waals surface area contributed by atoms with Crippen LogP contribution in [0.25, 0.3) is 0 Å². The van der Waals surface area contributed by atoms with Gasteiger partial charge in [0, 0.05) is 36.5 Å². The third kappa shape index (κ3) is 2.04. The largest absolute Gasteiger partial charge is 0.434 e. The second kappa shape index (κ2) is 3.91. The van der Waals surface area contributed by atoms with Crippen molar-refractivity contribution in [3.63, 3.8) is 0 Å². The molecule has 3 heterocycles. The summed E-state index contributed by atoms with van der Waals surface area (Å²) in [6, 6.07) is 0. The predicted molar refractivity (Wildman–Crippen MR) is 62.4 cm³/mol. The van der Waals surface area contributed by atoms with Crippen molar-refractivity contribution in [3.05, 3.63) is 15.6 Å². The fourth-order valence-corrected chi connectivity index (χ4v) is 3.69. The number of hydrogen-bond acceptors (Lipinski definition) is 4. The molecular formula is C11H14F3N3S. The smallest absolute Gasteiger partial charge is 0.315 e. The van der Waals surface area contributed by atoms with Crippen molar-refractivity contribution in [2.45, 2.75) is 19.6 Å². The number of alkyl halides is 3. The molecule has 1 N–H and O–H groups in total. The lowest BCUT2D eigenvalue weighted by Gasteiger charge is -2.56. The maximum atomic E-state index is 12.6. The predicted octanol–water partition coefficient (Wildman–Crippen LogP) is 1.88. The zero-order valence-electron chi connectivity index (χ0n) is 9.97. The van der Waals surface area contributed by atoms with Crippen LogP contribution in [0.4, 0.5) is 13.2 Å². The van der Waals surface area contributed by atoms with E-state index in [9.17, 15) is 13.2 Å². The molecule has 2 fully saturated rings. The summed E-state index contributed by atoms with van der Waals surface area (Å²) in [6.07, 6.45) is -4.33. The molecule has 0 saturated carbocycles. The first-order chi connectivity index (χ1) is 8.38. The molecule has 3 nitrogen and oxygen atoms in total. The van der Waals surface area contributed by atoms with Crippen molar-refractivity contribution in [2.24, 2.45) is 5.41 Å². The summed E-state index contributed by atoms with van der Waals surface area (Å²) < 4.78 is 37.8. The Kier molecular flexibility index (Phi) is 2.69. The minimum atomic E-state index is -4.33. The van der Waals surface area contributed by atoms with Gasteiger partial charge in [0.2, 0.25) is 0 Å². The molecule has 0 unspecified atom stereocenters. The average molecular weight is 277 g/mol. The fourth-order valence-electron chi connectivity index (χ4n) is 2.69. The van der Waals surface area contributed by atoms with E-state index < -0.39 is 11.9 Å². The maximum absolute atomic E-state index is 12.6. The van der Waals surface area contributed by atoms with E-state index in [1.54, 1.807) is 0 Å². The lowest BCUT2D eigenvalue weighted by molar-refractivity contribution is -0.141. The Bertz CT molecular complexity index is 457. The molecule has 3 rings (SSSR count). The van der Waals surface area contributed by atoms with Crippen LogP contribution in [0.2, 0.25) is 0 Å². The number of likely N-dealkylation sites (tertiary alicyclic amines) is 1. The number of nitrogens with one attached hydrogen (secondary N) is 1. The highest BCUT2D eigenvalue weighted by atomic mass is 32.1. The van der Waals surface area contributed by atoms with Crippen LogP contribution in [-0.4, -0.2) is 36.1 Å². The number of thiazole rings is 1. The van der Waals surface area contributed by atoms with Gasteiger partial charge in [0.1, 0.15) is 5.01 Å². The molecule has 0 aromatic carbocycles. The Morgan fingerprint density at radius 3 is 2.50 bits per heavy atom. The SMILES string of the molecule is Cc1sc(CN2CC3(CNC3)C2)nc1C(F)(F)F. The molecule has 7 heteroatoms. The van der Waals surface area contributed by atoms with Gasteiger partial charge < -0.3 is 5.32 Å². The van der Waals surface area contributed by atoms with Gasteiger partial charge in [0.25, 0.3) is 0 Å². The number of aryl methyl sites for hydroxylation is 1. The van der Waals surface area contributed by atoms with Gasteiger partial charge in [-0.2, -0.15) is 13.2 Å². The van der Waals surface area contributed by atoms with Crippen LogP contribution in [0.1, 0.15) is 15.6 Å². The zero-order valence-corrected chi connectivity index (χ0v) is 10.8. The van der Waals surface area contributed by atoms with Crippen LogP contribution in [0, 0.1) is 12.3 Å².